The molecule has 5 nitrogen and oxygen atoms in total. The van der Waals surface area contributed by atoms with Gasteiger partial charge in [-0.3, -0.25) is 4.99 Å². The van der Waals surface area contributed by atoms with Crippen molar-refractivity contribution in [1.29, 1.82) is 0 Å². The largest absolute Gasteiger partial charge is 0.506 e. The number of aliphatic imine (C=N–C) groups is 1. The number of rotatable bonds is 6. The molecule has 9 heteroatoms. The van der Waals surface area contributed by atoms with Crippen LogP contribution in [0, 0.1) is 0 Å². The summed E-state index contributed by atoms with van der Waals surface area (Å²) in [6, 6.07) is 17.9. The molecule has 4 aromatic rings. The molecule has 0 saturated heterocycles. The highest BCUT2D eigenvalue weighted by molar-refractivity contribution is 7.98. The third-order valence-corrected chi connectivity index (χ3v) is 5.99. The van der Waals surface area contributed by atoms with E-state index in [1.165, 1.54) is 24.0 Å². The summed E-state index contributed by atoms with van der Waals surface area (Å²) in [5.74, 6) is 1.40. The Kier molecular flexibility index (Phi) is 6.83. The normalized spacial score (nSPS) is 11.3. The Morgan fingerprint density at radius 1 is 1.00 bits per heavy atom. The maximum atomic E-state index is 10.1. The van der Waals surface area contributed by atoms with E-state index in [4.69, 9.17) is 39.3 Å². The molecule has 0 fully saturated rings. The molecule has 0 saturated carbocycles. The molecule has 1 aromatic heterocycles. The Morgan fingerprint density at radius 3 is 2.58 bits per heavy atom. The van der Waals surface area contributed by atoms with Crippen LogP contribution >= 0.6 is 46.6 Å². The number of hydrogen-bond acceptors (Lipinski definition) is 6. The van der Waals surface area contributed by atoms with Gasteiger partial charge in [0, 0.05) is 32.3 Å². The molecule has 0 bridgehead atoms. The van der Waals surface area contributed by atoms with Crippen LogP contribution in [0.2, 0.25) is 15.1 Å². The van der Waals surface area contributed by atoms with Crippen molar-refractivity contribution in [2.24, 2.45) is 4.99 Å². The predicted octanol–water partition coefficient (Wildman–Crippen LogP) is 7.45. The summed E-state index contributed by atoms with van der Waals surface area (Å²) in [4.78, 5) is 9.84. The number of halogens is 3. The van der Waals surface area contributed by atoms with Gasteiger partial charge in [0.1, 0.15) is 5.75 Å². The first kappa shape index (κ1) is 21.7. The molecule has 0 unspecified atom stereocenters. The monoisotopic (exact) mass is 489 g/mol. The number of thioether (sulfide) groups is 1. The molecular formula is C22H14Cl3N3O2S. The van der Waals surface area contributed by atoms with E-state index in [9.17, 15) is 5.11 Å². The molecular weight excluding hydrogens is 477 g/mol. The number of aromatic nitrogens is 2. The van der Waals surface area contributed by atoms with Crippen LogP contribution in [0.4, 0.5) is 5.69 Å². The highest BCUT2D eigenvalue weighted by Crippen LogP contribution is 2.34. The van der Waals surface area contributed by atoms with Gasteiger partial charge in [-0.2, -0.15) is 4.98 Å². The molecule has 0 aliphatic heterocycles. The zero-order chi connectivity index (χ0) is 21.8. The second-order valence-corrected chi connectivity index (χ2v) is 8.66. The number of nitrogens with zero attached hydrogens (tertiary/aromatic N) is 3. The van der Waals surface area contributed by atoms with E-state index in [0.717, 1.165) is 16.1 Å². The molecule has 0 radical (unpaired) electrons. The quantitative estimate of drug-likeness (QED) is 0.224. The van der Waals surface area contributed by atoms with Crippen molar-refractivity contribution in [1.82, 2.24) is 10.1 Å². The van der Waals surface area contributed by atoms with Gasteiger partial charge in [-0.05, 0) is 48.5 Å². The third kappa shape index (κ3) is 5.40. The molecule has 0 aliphatic carbocycles. The Morgan fingerprint density at radius 2 is 1.77 bits per heavy atom. The van der Waals surface area contributed by atoms with E-state index in [0.29, 0.717) is 33.1 Å². The second kappa shape index (κ2) is 9.75. The fourth-order valence-corrected chi connectivity index (χ4v) is 4.15. The van der Waals surface area contributed by atoms with Crippen molar-refractivity contribution in [3.05, 3.63) is 87.2 Å². The van der Waals surface area contributed by atoms with E-state index in [2.05, 4.69) is 15.1 Å². The number of phenols is 1. The Balaban J connectivity index is 1.49. The molecule has 0 atom stereocenters. The number of benzene rings is 3. The first-order valence-corrected chi connectivity index (χ1v) is 11.1. The van der Waals surface area contributed by atoms with Crippen LogP contribution in [0.15, 0.2) is 75.1 Å². The van der Waals surface area contributed by atoms with Gasteiger partial charge in [-0.25, -0.2) is 0 Å². The van der Waals surface area contributed by atoms with Crippen LogP contribution < -0.4 is 0 Å². The molecule has 31 heavy (non-hydrogen) atoms. The molecule has 1 N–H and O–H groups in total. The van der Waals surface area contributed by atoms with Crippen LogP contribution in [0.5, 0.6) is 5.75 Å². The minimum absolute atomic E-state index is 0.0689. The Bertz CT molecular complexity index is 1240. The van der Waals surface area contributed by atoms with E-state index >= 15 is 0 Å². The molecule has 1 heterocycles. The van der Waals surface area contributed by atoms with Gasteiger partial charge in [0.2, 0.25) is 11.7 Å². The lowest BCUT2D eigenvalue weighted by molar-refractivity contribution is 0.391. The summed E-state index contributed by atoms with van der Waals surface area (Å²) in [6.07, 6.45) is 1.53. The summed E-state index contributed by atoms with van der Waals surface area (Å²) in [5.41, 5.74) is 1.98. The molecule has 0 aliphatic rings. The number of aromatic hydroxyl groups is 1. The lowest BCUT2D eigenvalue weighted by atomic mass is 10.2. The Hall–Kier alpha value is -2.51. The van der Waals surface area contributed by atoms with Crippen LogP contribution in [-0.4, -0.2) is 21.5 Å². The average Bonchev–Trinajstić information content (AvgIpc) is 3.24. The first-order chi connectivity index (χ1) is 15.0. The van der Waals surface area contributed by atoms with Gasteiger partial charge in [0.05, 0.1) is 16.5 Å². The Labute approximate surface area is 197 Å². The van der Waals surface area contributed by atoms with Crippen molar-refractivity contribution in [3.63, 3.8) is 0 Å². The predicted molar refractivity (Wildman–Crippen MR) is 126 cm³/mol. The lowest BCUT2D eigenvalue weighted by Gasteiger charge is -2.05. The zero-order valence-electron chi connectivity index (χ0n) is 15.8. The summed E-state index contributed by atoms with van der Waals surface area (Å²) >= 11 is 19.4. The lowest BCUT2D eigenvalue weighted by Crippen LogP contribution is -1.85. The maximum Gasteiger partial charge on any atom is 0.237 e. The van der Waals surface area contributed by atoms with Gasteiger partial charge in [-0.1, -0.05) is 52.1 Å². The van der Waals surface area contributed by atoms with Crippen molar-refractivity contribution < 1.29 is 9.63 Å². The van der Waals surface area contributed by atoms with Crippen molar-refractivity contribution in [3.8, 4) is 17.1 Å². The second-order valence-electron chi connectivity index (χ2n) is 6.36. The van der Waals surface area contributed by atoms with Crippen molar-refractivity contribution in [2.75, 3.05) is 0 Å². The standard InChI is InChI=1S/C22H14Cl3N3O2S/c23-15-7-5-13(6-8-15)22-27-20(30-28-22)12-31-19-4-2-1-3-18(19)26-11-14-9-16(24)10-17(25)21(14)29/h1-11,29H,12H2. The maximum absolute atomic E-state index is 10.1. The van der Waals surface area contributed by atoms with E-state index < -0.39 is 0 Å². The van der Waals surface area contributed by atoms with Gasteiger partial charge in [-0.15, -0.1) is 11.8 Å². The highest BCUT2D eigenvalue weighted by atomic mass is 35.5. The van der Waals surface area contributed by atoms with Crippen LogP contribution in [0.25, 0.3) is 11.4 Å². The fraction of sp³-hybridized carbons (Fsp3) is 0.0455. The SMILES string of the molecule is Oc1c(Cl)cc(Cl)cc1C=Nc1ccccc1SCc1nc(-c2ccc(Cl)cc2)no1. The van der Waals surface area contributed by atoms with Crippen molar-refractivity contribution in [2.45, 2.75) is 10.6 Å². The fourth-order valence-electron chi connectivity index (χ4n) is 2.68. The molecule has 4 rings (SSSR count). The van der Waals surface area contributed by atoms with Gasteiger partial charge >= 0.3 is 0 Å². The summed E-state index contributed by atoms with van der Waals surface area (Å²) in [6.45, 7) is 0. The topological polar surface area (TPSA) is 71.5 Å². The van der Waals surface area contributed by atoms with Crippen LogP contribution in [0.3, 0.4) is 0 Å². The number of para-hydroxylation sites is 1. The molecule has 0 amide bonds. The summed E-state index contributed by atoms with van der Waals surface area (Å²) in [5, 5.41) is 15.4. The summed E-state index contributed by atoms with van der Waals surface area (Å²) < 4.78 is 5.37. The first-order valence-electron chi connectivity index (χ1n) is 9.02. The van der Waals surface area contributed by atoms with E-state index in [1.807, 2.05) is 36.4 Å². The minimum Gasteiger partial charge on any atom is -0.506 e. The molecule has 0 spiro atoms. The number of phenolic OH excluding ortho intramolecular Hbond substituents is 1. The molecule has 156 valence electrons. The van der Waals surface area contributed by atoms with Gasteiger partial charge in [0.25, 0.3) is 0 Å². The molecule has 3 aromatic carbocycles. The summed E-state index contributed by atoms with van der Waals surface area (Å²) in [7, 11) is 0. The zero-order valence-corrected chi connectivity index (χ0v) is 18.9. The average molecular weight is 491 g/mol. The van der Waals surface area contributed by atoms with Crippen LogP contribution in [0.1, 0.15) is 11.5 Å². The van der Waals surface area contributed by atoms with E-state index in [-0.39, 0.29) is 10.8 Å². The van der Waals surface area contributed by atoms with Crippen LogP contribution in [-0.2, 0) is 5.75 Å². The minimum atomic E-state index is -0.0689. The smallest absolute Gasteiger partial charge is 0.237 e. The van der Waals surface area contributed by atoms with Crippen molar-refractivity contribution >= 4 is 58.5 Å². The number of hydrogen-bond donors (Lipinski definition) is 1. The van der Waals surface area contributed by atoms with E-state index in [1.54, 1.807) is 18.2 Å². The highest BCUT2D eigenvalue weighted by Gasteiger charge is 2.11. The third-order valence-electron chi connectivity index (χ3n) is 4.19. The van der Waals surface area contributed by atoms with Gasteiger partial charge in [0.15, 0.2) is 0 Å². The van der Waals surface area contributed by atoms with Gasteiger partial charge < -0.3 is 9.63 Å².